The molecule has 2 aliphatic rings. The highest BCUT2D eigenvalue weighted by molar-refractivity contribution is 5.42. The van der Waals surface area contributed by atoms with Crippen molar-refractivity contribution in [2.45, 2.75) is 32.1 Å². The summed E-state index contributed by atoms with van der Waals surface area (Å²) in [6.07, 6.45) is 12.7. The summed E-state index contributed by atoms with van der Waals surface area (Å²) in [6.45, 7) is 3.77. The second-order valence-corrected chi connectivity index (χ2v) is 5.71. The van der Waals surface area contributed by atoms with Gasteiger partial charge in [-0.05, 0) is 26.3 Å². The first-order chi connectivity index (χ1) is 9.46. The van der Waals surface area contributed by atoms with Crippen LogP contribution in [0.4, 0.5) is 0 Å². The Morgan fingerprint density at radius 3 is 2.95 bits per heavy atom. The van der Waals surface area contributed by atoms with Crippen molar-refractivity contribution >= 4 is 0 Å². The first-order valence-electron chi connectivity index (χ1n) is 6.99. The van der Waals surface area contributed by atoms with E-state index in [0.717, 1.165) is 17.8 Å². The van der Waals surface area contributed by atoms with E-state index in [0.29, 0.717) is 5.92 Å². The Labute approximate surface area is 120 Å². The van der Waals surface area contributed by atoms with E-state index in [1.54, 1.807) is 13.8 Å². The molecule has 0 heterocycles. The molecule has 0 spiro atoms. The van der Waals surface area contributed by atoms with Crippen LogP contribution in [-0.2, 0) is 4.74 Å². The third-order valence-electron chi connectivity index (χ3n) is 3.28. The molecule has 0 aromatic carbocycles. The maximum Gasteiger partial charge on any atom is 0.123 e. The van der Waals surface area contributed by atoms with E-state index in [4.69, 9.17) is 4.74 Å². The maximum atomic E-state index is 9.86. The molecule has 0 saturated carbocycles. The number of ether oxygens (including phenoxy) is 1. The lowest BCUT2D eigenvalue weighted by molar-refractivity contribution is 0.0132. The van der Waals surface area contributed by atoms with Gasteiger partial charge < -0.3 is 14.9 Å². The molecule has 0 amide bonds. The summed E-state index contributed by atoms with van der Waals surface area (Å²) >= 11 is 0. The van der Waals surface area contributed by atoms with Crippen molar-refractivity contribution in [1.82, 2.24) is 5.32 Å². The normalized spacial score (nSPS) is 22.9. The van der Waals surface area contributed by atoms with Crippen LogP contribution in [0.25, 0.3) is 0 Å². The third-order valence-corrected chi connectivity index (χ3v) is 3.28. The molecule has 0 aromatic rings. The van der Waals surface area contributed by atoms with Crippen molar-refractivity contribution in [1.29, 1.82) is 0 Å². The average molecular weight is 277 g/mol. The molecule has 0 aromatic heterocycles. The summed E-state index contributed by atoms with van der Waals surface area (Å²) in [5.41, 5.74) is 0.174. The lowest BCUT2D eigenvalue weighted by Gasteiger charge is -2.26. The number of rotatable bonds is 6. The van der Waals surface area contributed by atoms with Crippen LogP contribution in [0.3, 0.4) is 0 Å². The highest BCUT2D eigenvalue weighted by Crippen LogP contribution is 2.31. The van der Waals surface area contributed by atoms with Gasteiger partial charge in [0.25, 0.3) is 0 Å². The van der Waals surface area contributed by atoms with E-state index >= 15 is 0 Å². The predicted molar refractivity (Wildman–Crippen MR) is 78.8 cm³/mol. The second-order valence-electron chi connectivity index (χ2n) is 5.71. The molecule has 20 heavy (non-hydrogen) atoms. The van der Waals surface area contributed by atoms with Crippen molar-refractivity contribution in [3.05, 3.63) is 47.8 Å². The Morgan fingerprint density at radius 1 is 1.40 bits per heavy atom. The van der Waals surface area contributed by atoms with Crippen molar-refractivity contribution in [3.8, 4) is 0 Å². The van der Waals surface area contributed by atoms with E-state index < -0.39 is 11.8 Å². The summed E-state index contributed by atoms with van der Waals surface area (Å²) in [5, 5.41) is 22.2. The Morgan fingerprint density at radius 2 is 2.20 bits per heavy atom. The Hall–Kier alpha value is -1.36. The molecule has 4 nitrogen and oxygen atoms in total. The van der Waals surface area contributed by atoms with Gasteiger partial charge in [-0.15, -0.1) is 0 Å². The molecule has 2 unspecified atom stereocenters. The number of hydrogen-bond donors (Lipinski definition) is 3. The van der Waals surface area contributed by atoms with Crippen molar-refractivity contribution in [2.75, 3.05) is 13.2 Å². The fourth-order valence-corrected chi connectivity index (χ4v) is 2.21. The van der Waals surface area contributed by atoms with Crippen molar-refractivity contribution < 1.29 is 14.9 Å². The first kappa shape index (κ1) is 15.0. The first-order valence-corrected chi connectivity index (χ1v) is 6.99. The SMILES string of the molecule is CC(C)(O)NCC(O)COC1=CC=CC2CC=CC=C12. The summed E-state index contributed by atoms with van der Waals surface area (Å²) in [6, 6.07) is 0. The smallest absolute Gasteiger partial charge is 0.123 e. The molecular formula is C16H23NO3. The Bertz CT molecular complexity index is 455. The van der Waals surface area contributed by atoms with Crippen LogP contribution in [-0.4, -0.2) is 35.2 Å². The minimum Gasteiger partial charge on any atom is -0.491 e. The topological polar surface area (TPSA) is 61.7 Å². The molecule has 0 fully saturated rings. The monoisotopic (exact) mass is 277 g/mol. The molecular weight excluding hydrogens is 254 g/mol. The second kappa shape index (κ2) is 6.39. The summed E-state index contributed by atoms with van der Waals surface area (Å²) in [4.78, 5) is 0. The standard InChI is InChI=1S/C16H23NO3/c1-16(2,19)17-10-13(18)11-20-15-9-5-7-12-6-3-4-8-14(12)15/h3-5,7-9,12-13,17-19H,6,10-11H2,1-2H3. The summed E-state index contributed by atoms with van der Waals surface area (Å²) < 4.78 is 5.72. The van der Waals surface area contributed by atoms with Gasteiger partial charge in [0.1, 0.15) is 24.2 Å². The molecule has 0 saturated heterocycles. The molecule has 2 rings (SSSR count). The van der Waals surface area contributed by atoms with E-state index in [1.807, 2.05) is 18.2 Å². The van der Waals surface area contributed by atoms with Crippen LogP contribution >= 0.6 is 0 Å². The lowest BCUT2D eigenvalue weighted by atomic mass is 9.87. The number of allylic oxidation sites excluding steroid dienone is 7. The largest absolute Gasteiger partial charge is 0.491 e. The van der Waals surface area contributed by atoms with Crippen LogP contribution in [0, 0.1) is 5.92 Å². The van der Waals surface area contributed by atoms with Crippen LogP contribution in [0.15, 0.2) is 47.8 Å². The molecule has 110 valence electrons. The maximum absolute atomic E-state index is 9.86. The molecule has 0 aliphatic heterocycles. The number of fused-ring (bicyclic) bond motifs is 1. The van der Waals surface area contributed by atoms with Gasteiger partial charge in [-0.25, -0.2) is 0 Å². The molecule has 3 N–H and O–H groups in total. The van der Waals surface area contributed by atoms with Crippen molar-refractivity contribution in [2.24, 2.45) is 5.92 Å². The molecule has 2 atom stereocenters. The van der Waals surface area contributed by atoms with Crippen LogP contribution in [0.2, 0.25) is 0 Å². The van der Waals surface area contributed by atoms with Crippen LogP contribution in [0.1, 0.15) is 20.3 Å². The minimum atomic E-state index is -0.990. The predicted octanol–water partition coefficient (Wildman–Crippen LogP) is 1.64. The van der Waals surface area contributed by atoms with Gasteiger partial charge in [-0.2, -0.15) is 0 Å². The van der Waals surface area contributed by atoms with Gasteiger partial charge in [0.15, 0.2) is 0 Å². The fraction of sp³-hybridized carbons (Fsp3) is 0.500. The molecule has 2 aliphatic carbocycles. The van der Waals surface area contributed by atoms with E-state index in [9.17, 15) is 10.2 Å². The van der Waals surface area contributed by atoms with Gasteiger partial charge in [0.05, 0.1) is 0 Å². The Balaban J connectivity index is 1.84. The number of hydrogen-bond acceptors (Lipinski definition) is 4. The van der Waals surface area contributed by atoms with Gasteiger partial charge in [-0.3, -0.25) is 5.32 Å². The van der Waals surface area contributed by atoms with Gasteiger partial charge in [0.2, 0.25) is 0 Å². The average Bonchev–Trinajstić information content (AvgIpc) is 2.42. The molecule has 0 bridgehead atoms. The van der Waals surface area contributed by atoms with Gasteiger partial charge >= 0.3 is 0 Å². The zero-order valence-corrected chi connectivity index (χ0v) is 12.0. The quantitative estimate of drug-likeness (QED) is 0.646. The zero-order chi connectivity index (χ0) is 14.6. The highest BCUT2D eigenvalue weighted by atomic mass is 16.5. The number of nitrogens with one attached hydrogen (secondary N) is 1. The molecule has 0 radical (unpaired) electrons. The number of aliphatic hydroxyl groups is 2. The van der Waals surface area contributed by atoms with Crippen LogP contribution in [0.5, 0.6) is 0 Å². The zero-order valence-electron chi connectivity index (χ0n) is 12.0. The lowest BCUT2D eigenvalue weighted by Crippen LogP contribution is -2.44. The van der Waals surface area contributed by atoms with Gasteiger partial charge in [0, 0.05) is 18.0 Å². The van der Waals surface area contributed by atoms with E-state index in [1.165, 1.54) is 0 Å². The fourth-order valence-electron chi connectivity index (χ4n) is 2.21. The summed E-state index contributed by atoms with van der Waals surface area (Å²) in [5.74, 6) is 1.20. The van der Waals surface area contributed by atoms with E-state index in [-0.39, 0.29) is 13.2 Å². The van der Waals surface area contributed by atoms with Crippen LogP contribution < -0.4 is 5.32 Å². The van der Waals surface area contributed by atoms with E-state index in [2.05, 4.69) is 23.5 Å². The highest BCUT2D eigenvalue weighted by Gasteiger charge is 2.21. The molecule has 4 heteroatoms. The Kier molecular flexibility index (Phi) is 4.81. The third kappa shape index (κ3) is 4.34. The summed E-state index contributed by atoms with van der Waals surface area (Å²) in [7, 11) is 0. The van der Waals surface area contributed by atoms with Gasteiger partial charge in [-0.1, -0.05) is 30.4 Å². The minimum absolute atomic E-state index is 0.205. The number of aliphatic hydroxyl groups excluding tert-OH is 1. The van der Waals surface area contributed by atoms with Crippen molar-refractivity contribution in [3.63, 3.8) is 0 Å².